The Morgan fingerprint density at radius 2 is 1.84 bits per heavy atom. The van der Waals surface area contributed by atoms with Gasteiger partial charge in [-0.05, 0) is 83.1 Å². The maximum absolute atomic E-state index is 12.7. The number of fused-ring (bicyclic) bond motifs is 1. The molecule has 2 aromatic carbocycles. The molecule has 1 saturated heterocycles. The van der Waals surface area contributed by atoms with Gasteiger partial charge in [0.2, 0.25) is 0 Å². The number of rotatable bonds is 7. The molecule has 2 aromatic heterocycles. The van der Waals surface area contributed by atoms with Gasteiger partial charge in [-0.15, -0.1) is 11.3 Å². The molecule has 1 aliphatic rings. The van der Waals surface area contributed by atoms with Crippen LogP contribution >= 0.6 is 22.9 Å². The zero-order valence-electron chi connectivity index (χ0n) is 20.2. The van der Waals surface area contributed by atoms with E-state index in [-0.39, 0.29) is 11.7 Å². The van der Waals surface area contributed by atoms with Crippen molar-refractivity contribution in [3.05, 3.63) is 87.9 Å². The number of pyridine rings is 1. The van der Waals surface area contributed by atoms with E-state index in [1.165, 1.54) is 0 Å². The highest BCUT2D eigenvalue weighted by atomic mass is 35.5. The zero-order valence-corrected chi connectivity index (χ0v) is 21.7. The maximum atomic E-state index is 12.7. The Balaban J connectivity index is 1.26. The number of aryl methyl sites for hydroxylation is 1. The smallest absolute Gasteiger partial charge is 0.254 e. The summed E-state index contributed by atoms with van der Waals surface area (Å²) in [6.07, 6.45) is 6.03. The minimum atomic E-state index is 0.0281. The van der Waals surface area contributed by atoms with Crippen molar-refractivity contribution in [3.63, 3.8) is 0 Å². The third kappa shape index (κ3) is 6.07. The van der Waals surface area contributed by atoms with Gasteiger partial charge in [-0.1, -0.05) is 23.7 Å². The van der Waals surface area contributed by atoms with Crippen molar-refractivity contribution in [2.75, 3.05) is 32.0 Å². The lowest BCUT2D eigenvalue weighted by atomic mass is 10.0. The Labute approximate surface area is 224 Å². The molecule has 2 N–H and O–H groups in total. The highest BCUT2D eigenvalue weighted by Gasteiger charge is 2.18. The number of hydrogen-bond acceptors (Lipinski definition) is 6. The fourth-order valence-corrected chi connectivity index (χ4v) is 5.63. The van der Waals surface area contributed by atoms with Crippen LogP contribution in [0.2, 0.25) is 5.02 Å². The maximum Gasteiger partial charge on any atom is 0.254 e. The van der Waals surface area contributed by atoms with Gasteiger partial charge < -0.3 is 15.4 Å². The van der Waals surface area contributed by atoms with Gasteiger partial charge >= 0.3 is 0 Å². The van der Waals surface area contributed by atoms with Crippen molar-refractivity contribution in [2.45, 2.75) is 12.8 Å². The molecule has 0 atom stereocenters. The number of nitrogen functional groups attached to an aromatic ring is 1. The predicted octanol–water partition coefficient (Wildman–Crippen LogP) is 5.89. The zero-order chi connectivity index (χ0) is 25.8. The van der Waals surface area contributed by atoms with Crippen LogP contribution in [0.5, 0.6) is 0 Å². The molecule has 188 valence electrons. The molecule has 37 heavy (non-hydrogen) atoms. The van der Waals surface area contributed by atoms with E-state index in [9.17, 15) is 9.59 Å². The van der Waals surface area contributed by atoms with Crippen molar-refractivity contribution in [3.8, 4) is 11.1 Å². The largest absolute Gasteiger partial charge is 0.384 e. The van der Waals surface area contributed by atoms with Crippen LogP contribution in [0.1, 0.15) is 27.2 Å². The first kappa shape index (κ1) is 25.1. The van der Waals surface area contributed by atoms with Crippen LogP contribution in [0.15, 0.2) is 66.9 Å². The van der Waals surface area contributed by atoms with Crippen LogP contribution in [0, 0.1) is 0 Å². The Kier molecular flexibility index (Phi) is 7.65. The summed E-state index contributed by atoms with van der Waals surface area (Å²) in [7, 11) is 0. The lowest BCUT2D eigenvalue weighted by molar-refractivity contribution is -0.114. The third-order valence-electron chi connectivity index (χ3n) is 6.27. The number of thiophene rings is 1. The molecule has 0 spiro atoms. The number of amides is 1. The summed E-state index contributed by atoms with van der Waals surface area (Å²) in [5, 5.41) is 1.73. The molecule has 8 heteroatoms. The van der Waals surface area contributed by atoms with Crippen LogP contribution in [-0.2, 0) is 16.0 Å². The summed E-state index contributed by atoms with van der Waals surface area (Å²) in [4.78, 5) is 32.1. The number of hydrogen-bond donors (Lipinski definition) is 1. The highest BCUT2D eigenvalue weighted by molar-refractivity contribution is 7.19. The Morgan fingerprint density at radius 1 is 1.05 bits per heavy atom. The Bertz CT molecular complexity index is 1460. The number of nitrogens with zero attached hydrogens (tertiary/aromatic N) is 2. The van der Waals surface area contributed by atoms with E-state index >= 15 is 0 Å². The van der Waals surface area contributed by atoms with Gasteiger partial charge in [-0.3, -0.25) is 9.59 Å². The van der Waals surface area contributed by atoms with Gasteiger partial charge in [0.05, 0.1) is 22.9 Å². The predicted molar refractivity (Wildman–Crippen MR) is 150 cm³/mol. The summed E-state index contributed by atoms with van der Waals surface area (Å²) in [6, 6.07) is 17.3. The topological polar surface area (TPSA) is 85.5 Å². The number of aromatic nitrogens is 1. The van der Waals surface area contributed by atoms with Crippen molar-refractivity contribution in [2.24, 2.45) is 0 Å². The van der Waals surface area contributed by atoms with E-state index in [0.717, 1.165) is 31.7 Å². The molecule has 3 heterocycles. The second kappa shape index (κ2) is 11.3. The number of benzene rings is 2. The fraction of sp³-hybridized carbons (Fsp3) is 0.207. The summed E-state index contributed by atoms with van der Waals surface area (Å²) in [5.41, 5.74) is 9.08. The number of anilines is 1. The van der Waals surface area contributed by atoms with Gasteiger partial charge in [0.15, 0.2) is 5.78 Å². The number of ether oxygens (including phenoxy) is 1. The van der Waals surface area contributed by atoms with E-state index in [4.69, 9.17) is 22.1 Å². The average molecular weight is 532 g/mol. The van der Waals surface area contributed by atoms with Crippen LogP contribution in [0.3, 0.4) is 0 Å². The van der Waals surface area contributed by atoms with Gasteiger partial charge in [0.1, 0.15) is 5.82 Å². The number of carbonyl (C=O) groups excluding carboxylic acids is 2. The van der Waals surface area contributed by atoms with Crippen LogP contribution < -0.4 is 5.73 Å². The van der Waals surface area contributed by atoms with Crippen molar-refractivity contribution < 1.29 is 14.3 Å². The average Bonchev–Trinajstić information content (AvgIpc) is 3.35. The van der Waals surface area contributed by atoms with E-state index < -0.39 is 0 Å². The summed E-state index contributed by atoms with van der Waals surface area (Å²) < 4.78 is 6.35. The lowest BCUT2D eigenvalue weighted by Gasteiger charge is -2.26. The van der Waals surface area contributed by atoms with Gasteiger partial charge in [-0.2, -0.15) is 0 Å². The van der Waals surface area contributed by atoms with E-state index in [2.05, 4.69) is 17.1 Å². The number of carbonyl (C=O) groups is 2. The van der Waals surface area contributed by atoms with Crippen LogP contribution in [0.25, 0.3) is 27.3 Å². The van der Waals surface area contributed by atoms with Crippen molar-refractivity contribution >= 4 is 56.6 Å². The molecule has 1 aliphatic heterocycles. The molecular formula is C29H26ClN3O3S. The van der Waals surface area contributed by atoms with Gasteiger partial charge in [0.25, 0.3) is 5.91 Å². The number of morpholine rings is 1. The molecule has 4 aromatic rings. The first-order valence-corrected chi connectivity index (χ1v) is 13.3. The van der Waals surface area contributed by atoms with Crippen LogP contribution in [0.4, 0.5) is 5.82 Å². The molecule has 5 rings (SSSR count). The van der Waals surface area contributed by atoms with E-state index in [1.807, 2.05) is 41.3 Å². The minimum absolute atomic E-state index is 0.0281. The number of ketones is 1. The quantitative estimate of drug-likeness (QED) is 0.301. The second-order valence-electron chi connectivity index (χ2n) is 8.89. The lowest BCUT2D eigenvalue weighted by Crippen LogP contribution is -2.40. The summed E-state index contributed by atoms with van der Waals surface area (Å²) >= 11 is 8.26. The monoisotopic (exact) mass is 531 g/mol. The second-order valence-corrected chi connectivity index (χ2v) is 10.4. The van der Waals surface area contributed by atoms with Gasteiger partial charge in [0, 0.05) is 36.1 Å². The molecule has 1 fully saturated rings. The molecule has 6 nitrogen and oxygen atoms in total. The summed E-state index contributed by atoms with van der Waals surface area (Å²) in [6.45, 7) is 2.40. The number of nitrogens with two attached hydrogens (primary N) is 1. The van der Waals surface area contributed by atoms with Crippen LogP contribution in [-0.4, -0.2) is 47.9 Å². The molecule has 0 radical (unpaired) electrons. The molecule has 0 bridgehead atoms. The number of halogens is 1. The molecule has 0 saturated carbocycles. The van der Waals surface area contributed by atoms with Crippen molar-refractivity contribution in [1.29, 1.82) is 0 Å². The van der Waals surface area contributed by atoms with E-state index in [1.54, 1.807) is 35.8 Å². The van der Waals surface area contributed by atoms with Crippen molar-refractivity contribution in [1.82, 2.24) is 9.88 Å². The summed E-state index contributed by atoms with van der Waals surface area (Å²) in [5.74, 6) is 0.527. The Morgan fingerprint density at radius 3 is 2.57 bits per heavy atom. The SMILES string of the molecule is Nc1ccc(/C=C/C(=O)CCc2cc3cc(-c4ccc(C(=O)N5CCOCC5)cc4)cc(Cl)c3s2)cn1. The minimum Gasteiger partial charge on any atom is -0.384 e. The highest BCUT2D eigenvalue weighted by Crippen LogP contribution is 2.36. The fourth-order valence-electron chi connectivity index (χ4n) is 4.24. The standard InChI is InChI=1S/C29H26ClN3O3S/c30-26-17-22(20-3-5-21(6-4-20)29(35)33-11-13-36-14-12-33)15-23-16-25(37-28(23)26)9-8-24(34)7-1-19-2-10-27(31)32-18-19/h1-7,10,15-18H,8-9,11-14H2,(H2,31,32)/b7-1+. The van der Waals surface area contributed by atoms with Gasteiger partial charge in [-0.25, -0.2) is 4.98 Å². The van der Waals surface area contributed by atoms with E-state index in [0.29, 0.717) is 55.5 Å². The molecule has 1 amide bonds. The molecular weight excluding hydrogens is 506 g/mol. The Hall–Kier alpha value is -3.52. The molecule has 0 aliphatic carbocycles. The molecule has 0 unspecified atom stereocenters. The normalized spacial score (nSPS) is 13.9. The third-order valence-corrected chi connectivity index (χ3v) is 7.93. The first-order chi connectivity index (χ1) is 18.0. The first-order valence-electron chi connectivity index (χ1n) is 12.1. The number of allylic oxidation sites excluding steroid dienone is 1.